The first-order valence-electron chi connectivity index (χ1n) is 9.65. The van der Waals surface area contributed by atoms with E-state index in [9.17, 15) is 0 Å². The van der Waals surface area contributed by atoms with Crippen LogP contribution < -0.4 is 9.47 Å². The summed E-state index contributed by atoms with van der Waals surface area (Å²) in [5.41, 5.74) is 4.44. The SMILES string of the molecule is COc1ccc(C2CCCN2Cc2coc(-c3ccc(C)cc3)n2)cc1OC. The largest absolute Gasteiger partial charge is 0.493 e. The van der Waals surface area contributed by atoms with Gasteiger partial charge in [-0.1, -0.05) is 23.8 Å². The summed E-state index contributed by atoms with van der Waals surface area (Å²) in [5, 5.41) is 0. The number of rotatable bonds is 6. The second kappa shape index (κ2) is 8.07. The predicted molar refractivity (Wildman–Crippen MR) is 109 cm³/mol. The zero-order valence-corrected chi connectivity index (χ0v) is 16.6. The van der Waals surface area contributed by atoms with E-state index in [1.54, 1.807) is 20.5 Å². The van der Waals surface area contributed by atoms with Gasteiger partial charge in [0.25, 0.3) is 0 Å². The Morgan fingerprint density at radius 2 is 1.86 bits per heavy atom. The van der Waals surface area contributed by atoms with Gasteiger partial charge in [0, 0.05) is 18.2 Å². The molecule has 1 aliphatic rings. The highest BCUT2D eigenvalue weighted by atomic mass is 16.5. The average Bonchev–Trinajstić information content (AvgIpc) is 3.38. The predicted octanol–water partition coefficient (Wildman–Crippen LogP) is 5.00. The maximum atomic E-state index is 5.73. The minimum atomic E-state index is 0.347. The number of benzene rings is 2. The molecule has 4 rings (SSSR count). The Morgan fingerprint density at radius 3 is 2.61 bits per heavy atom. The molecule has 0 bridgehead atoms. The Bertz CT molecular complexity index is 933. The molecule has 0 radical (unpaired) electrons. The van der Waals surface area contributed by atoms with Crippen LogP contribution in [0.5, 0.6) is 11.5 Å². The molecule has 0 spiro atoms. The fraction of sp³-hybridized carbons (Fsp3) is 0.348. The summed E-state index contributed by atoms with van der Waals surface area (Å²) in [6.45, 7) is 3.90. The molecular formula is C23H26N2O3. The van der Waals surface area contributed by atoms with Crippen molar-refractivity contribution >= 4 is 0 Å². The van der Waals surface area contributed by atoms with Gasteiger partial charge in [-0.15, -0.1) is 0 Å². The molecular weight excluding hydrogens is 352 g/mol. The number of aryl methyl sites for hydroxylation is 1. The van der Waals surface area contributed by atoms with Crippen molar-refractivity contribution in [3.63, 3.8) is 0 Å². The van der Waals surface area contributed by atoms with Crippen LogP contribution in [-0.4, -0.2) is 30.6 Å². The third-order valence-corrected chi connectivity index (χ3v) is 5.37. The Morgan fingerprint density at radius 1 is 1.07 bits per heavy atom. The molecule has 1 saturated heterocycles. The normalized spacial score (nSPS) is 17.0. The van der Waals surface area contributed by atoms with Crippen LogP contribution in [0, 0.1) is 6.92 Å². The van der Waals surface area contributed by atoms with Crippen molar-refractivity contribution in [1.29, 1.82) is 0 Å². The molecule has 3 aromatic rings. The van der Waals surface area contributed by atoms with Gasteiger partial charge < -0.3 is 13.9 Å². The Balaban J connectivity index is 1.51. The Labute approximate surface area is 165 Å². The number of methoxy groups -OCH3 is 2. The van der Waals surface area contributed by atoms with Crippen LogP contribution in [0.4, 0.5) is 0 Å². The van der Waals surface area contributed by atoms with Crippen molar-refractivity contribution < 1.29 is 13.9 Å². The molecule has 1 aliphatic heterocycles. The van der Waals surface area contributed by atoms with E-state index in [0.717, 1.165) is 42.3 Å². The number of likely N-dealkylation sites (tertiary alicyclic amines) is 1. The lowest BCUT2D eigenvalue weighted by Crippen LogP contribution is -2.23. The number of aromatic nitrogens is 1. The van der Waals surface area contributed by atoms with Crippen molar-refractivity contribution in [1.82, 2.24) is 9.88 Å². The third-order valence-electron chi connectivity index (χ3n) is 5.37. The van der Waals surface area contributed by atoms with Gasteiger partial charge in [0.2, 0.25) is 5.89 Å². The molecule has 1 fully saturated rings. The topological polar surface area (TPSA) is 47.7 Å². The molecule has 0 saturated carbocycles. The van der Waals surface area contributed by atoms with Crippen LogP contribution in [0.3, 0.4) is 0 Å². The number of nitrogens with zero attached hydrogens (tertiary/aromatic N) is 2. The van der Waals surface area contributed by atoms with Crippen molar-refractivity contribution in [2.45, 2.75) is 32.4 Å². The summed E-state index contributed by atoms with van der Waals surface area (Å²) < 4.78 is 16.6. The standard InChI is InChI=1S/C23H26N2O3/c1-16-6-8-17(9-7-16)23-24-19(15-28-23)14-25-12-4-5-20(25)18-10-11-21(26-2)22(13-18)27-3/h6-11,13,15,20H,4-5,12,14H2,1-3H3. The molecule has 1 unspecified atom stereocenters. The van der Waals surface area contributed by atoms with E-state index in [2.05, 4.69) is 36.1 Å². The maximum absolute atomic E-state index is 5.73. The van der Waals surface area contributed by atoms with Crippen LogP contribution in [-0.2, 0) is 6.54 Å². The molecule has 5 nitrogen and oxygen atoms in total. The average molecular weight is 378 g/mol. The zero-order valence-electron chi connectivity index (χ0n) is 16.6. The van der Waals surface area contributed by atoms with Gasteiger partial charge in [0.1, 0.15) is 6.26 Å². The summed E-state index contributed by atoms with van der Waals surface area (Å²) in [4.78, 5) is 7.17. The molecule has 28 heavy (non-hydrogen) atoms. The van der Waals surface area contributed by atoms with E-state index in [0.29, 0.717) is 11.9 Å². The first-order chi connectivity index (χ1) is 13.7. The molecule has 2 aromatic carbocycles. The van der Waals surface area contributed by atoms with Gasteiger partial charge in [-0.25, -0.2) is 4.98 Å². The van der Waals surface area contributed by atoms with Crippen LogP contribution in [0.15, 0.2) is 53.1 Å². The van der Waals surface area contributed by atoms with E-state index in [1.165, 1.54) is 17.5 Å². The van der Waals surface area contributed by atoms with E-state index in [4.69, 9.17) is 18.9 Å². The van der Waals surface area contributed by atoms with Gasteiger partial charge in [0.05, 0.1) is 19.9 Å². The fourth-order valence-electron chi connectivity index (χ4n) is 3.87. The second-order valence-electron chi connectivity index (χ2n) is 7.25. The minimum Gasteiger partial charge on any atom is -0.493 e. The van der Waals surface area contributed by atoms with Crippen molar-refractivity contribution in [2.75, 3.05) is 20.8 Å². The Kier molecular flexibility index (Phi) is 5.35. The highest BCUT2D eigenvalue weighted by molar-refractivity contribution is 5.53. The number of hydrogen-bond donors (Lipinski definition) is 0. The minimum absolute atomic E-state index is 0.347. The van der Waals surface area contributed by atoms with Gasteiger partial charge >= 0.3 is 0 Å². The number of hydrogen-bond acceptors (Lipinski definition) is 5. The van der Waals surface area contributed by atoms with Crippen LogP contribution in [0.2, 0.25) is 0 Å². The highest BCUT2D eigenvalue weighted by Gasteiger charge is 2.27. The number of oxazole rings is 1. The lowest BCUT2D eigenvalue weighted by molar-refractivity contribution is 0.244. The molecule has 0 aliphatic carbocycles. The fourth-order valence-corrected chi connectivity index (χ4v) is 3.87. The summed E-state index contributed by atoms with van der Waals surface area (Å²) in [6.07, 6.45) is 4.07. The maximum Gasteiger partial charge on any atom is 0.226 e. The van der Waals surface area contributed by atoms with Crippen molar-refractivity contribution in [3.05, 3.63) is 65.5 Å². The molecule has 0 N–H and O–H groups in total. The van der Waals surface area contributed by atoms with Gasteiger partial charge in [0.15, 0.2) is 11.5 Å². The van der Waals surface area contributed by atoms with Crippen LogP contribution in [0.1, 0.15) is 35.7 Å². The first kappa shape index (κ1) is 18.6. The second-order valence-corrected chi connectivity index (χ2v) is 7.25. The van der Waals surface area contributed by atoms with Crippen molar-refractivity contribution in [3.8, 4) is 23.0 Å². The van der Waals surface area contributed by atoms with Crippen molar-refractivity contribution in [2.24, 2.45) is 0 Å². The van der Waals surface area contributed by atoms with E-state index >= 15 is 0 Å². The Hall–Kier alpha value is -2.79. The lowest BCUT2D eigenvalue weighted by Gasteiger charge is -2.24. The molecule has 1 atom stereocenters. The van der Waals surface area contributed by atoms with Crippen LogP contribution >= 0.6 is 0 Å². The molecule has 5 heteroatoms. The first-order valence-corrected chi connectivity index (χ1v) is 9.65. The molecule has 2 heterocycles. The molecule has 1 aromatic heterocycles. The highest BCUT2D eigenvalue weighted by Crippen LogP contribution is 2.37. The van der Waals surface area contributed by atoms with Gasteiger partial charge in [-0.05, 0) is 56.1 Å². The smallest absolute Gasteiger partial charge is 0.226 e. The quantitative estimate of drug-likeness (QED) is 0.604. The summed E-state index contributed by atoms with van der Waals surface area (Å²) >= 11 is 0. The van der Waals surface area contributed by atoms with Crippen LogP contribution in [0.25, 0.3) is 11.5 Å². The lowest BCUT2D eigenvalue weighted by atomic mass is 10.0. The summed E-state index contributed by atoms with van der Waals surface area (Å²) in [5.74, 6) is 2.21. The molecule has 0 amide bonds. The van der Waals surface area contributed by atoms with E-state index < -0.39 is 0 Å². The summed E-state index contributed by atoms with van der Waals surface area (Å²) in [7, 11) is 3.34. The summed E-state index contributed by atoms with van der Waals surface area (Å²) in [6, 6.07) is 14.8. The third kappa shape index (κ3) is 3.76. The van der Waals surface area contributed by atoms with Gasteiger partial charge in [-0.2, -0.15) is 0 Å². The van der Waals surface area contributed by atoms with E-state index in [-0.39, 0.29) is 0 Å². The molecule has 146 valence electrons. The zero-order chi connectivity index (χ0) is 19.5. The van der Waals surface area contributed by atoms with E-state index in [1.807, 2.05) is 18.2 Å². The van der Waals surface area contributed by atoms with Gasteiger partial charge in [-0.3, -0.25) is 4.90 Å². The monoisotopic (exact) mass is 378 g/mol. The number of ether oxygens (including phenoxy) is 2.